The van der Waals surface area contributed by atoms with Gasteiger partial charge in [0.05, 0.1) is 0 Å². The number of benzene rings is 3. The van der Waals surface area contributed by atoms with Crippen molar-refractivity contribution >= 4 is 47.0 Å². The van der Waals surface area contributed by atoms with Gasteiger partial charge in [0.25, 0.3) is 0 Å². The number of alkyl halides is 1. The fraction of sp³-hybridized carbons (Fsp3) is 0.208. The van der Waals surface area contributed by atoms with E-state index in [4.69, 9.17) is 0 Å². The minimum atomic E-state index is -3.43. The number of carbonyl (C=O) groups is 1. The second-order valence-electron chi connectivity index (χ2n) is 6.77. The van der Waals surface area contributed by atoms with Gasteiger partial charge in [0, 0.05) is 0 Å². The van der Waals surface area contributed by atoms with Crippen molar-refractivity contribution in [1.29, 1.82) is 0 Å². The Hall–Kier alpha value is -1.65. The number of unbranched alkanes of at least 4 members (excludes halogenated alkanes) is 2. The molecule has 0 aliphatic carbocycles. The maximum atomic E-state index is 13.9. The third-order valence-electron chi connectivity index (χ3n) is 5.08. The molecule has 0 saturated heterocycles. The molecular formula is C24H25BrGeO. The van der Waals surface area contributed by atoms with Crippen LogP contribution in [0.5, 0.6) is 0 Å². The molecule has 3 rings (SSSR count). The van der Waals surface area contributed by atoms with Gasteiger partial charge in [0.2, 0.25) is 0 Å². The second-order valence-corrected chi connectivity index (χ2v) is 15.5. The molecule has 1 nitrogen and oxygen atoms in total. The van der Waals surface area contributed by atoms with Gasteiger partial charge in [0.15, 0.2) is 0 Å². The number of halogens is 1. The van der Waals surface area contributed by atoms with E-state index in [1.165, 1.54) is 13.2 Å². The van der Waals surface area contributed by atoms with Crippen LogP contribution in [-0.4, -0.2) is 23.2 Å². The topological polar surface area (TPSA) is 17.1 Å². The molecule has 0 unspecified atom stereocenters. The summed E-state index contributed by atoms with van der Waals surface area (Å²) in [6, 6.07) is 31.5. The molecule has 3 aromatic rings. The van der Waals surface area contributed by atoms with Gasteiger partial charge in [-0.05, 0) is 0 Å². The molecule has 0 aromatic heterocycles. The van der Waals surface area contributed by atoms with E-state index < -0.39 is 13.3 Å². The van der Waals surface area contributed by atoms with Crippen LogP contribution in [0.25, 0.3) is 0 Å². The molecule has 0 radical (unpaired) electrons. The first kappa shape index (κ1) is 20.1. The Morgan fingerprint density at radius 2 is 1.04 bits per heavy atom. The molecule has 0 fully saturated rings. The molecule has 0 saturated carbocycles. The summed E-state index contributed by atoms with van der Waals surface area (Å²) in [7, 11) is 0. The molecule has 0 aliphatic rings. The summed E-state index contributed by atoms with van der Waals surface area (Å²) in [4.78, 5) is 13.9. The van der Waals surface area contributed by atoms with Gasteiger partial charge >= 0.3 is 174 Å². The SMILES string of the molecule is O=[C](CCCCCBr)[Ge]([c]1ccccc1)([c]1ccccc1)[c]1ccccc1. The Morgan fingerprint density at radius 1 is 0.630 bits per heavy atom. The fourth-order valence-electron chi connectivity index (χ4n) is 3.79. The van der Waals surface area contributed by atoms with E-state index in [1.807, 2.05) is 18.2 Å². The summed E-state index contributed by atoms with van der Waals surface area (Å²) in [6.45, 7) is 0. The summed E-state index contributed by atoms with van der Waals surface area (Å²) in [5.41, 5.74) is 0. The van der Waals surface area contributed by atoms with Crippen LogP contribution in [0.15, 0.2) is 91.0 Å². The molecule has 0 atom stereocenters. The quantitative estimate of drug-likeness (QED) is 0.254. The molecule has 3 aromatic carbocycles. The Morgan fingerprint density at radius 3 is 1.41 bits per heavy atom. The van der Waals surface area contributed by atoms with Crippen molar-refractivity contribution in [2.24, 2.45) is 0 Å². The van der Waals surface area contributed by atoms with Gasteiger partial charge < -0.3 is 0 Å². The molecule has 27 heavy (non-hydrogen) atoms. The molecule has 138 valence electrons. The molecular weight excluding hydrogens is 457 g/mol. The number of rotatable bonds is 9. The van der Waals surface area contributed by atoms with Crippen molar-refractivity contribution in [2.75, 3.05) is 5.33 Å². The minimum absolute atomic E-state index is 0.452. The molecule has 0 amide bonds. The second kappa shape index (κ2) is 10.0. The van der Waals surface area contributed by atoms with Crippen LogP contribution in [0, 0.1) is 0 Å². The van der Waals surface area contributed by atoms with E-state index in [1.54, 1.807) is 0 Å². The molecule has 0 spiro atoms. The Balaban J connectivity index is 2.15. The van der Waals surface area contributed by atoms with Gasteiger partial charge in [-0.2, -0.15) is 0 Å². The molecule has 0 heterocycles. The van der Waals surface area contributed by atoms with Crippen molar-refractivity contribution in [2.45, 2.75) is 25.7 Å². The van der Waals surface area contributed by atoms with Crippen LogP contribution < -0.4 is 13.2 Å². The van der Waals surface area contributed by atoms with Crippen LogP contribution >= 0.6 is 15.9 Å². The predicted octanol–water partition coefficient (Wildman–Crippen LogP) is 4.22. The van der Waals surface area contributed by atoms with Crippen LogP contribution in [0.3, 0.4) is 0 Å². The standard InChI is InChI=1S/C24H25BrGeO/c25-20-12-4-11-19-24(27)26(21-13-5-1-6-14-21,22-15-7-2-8-16-22)23-17-9-3-10-18-23/h1-3,5-10,13-18H,4,11-12,19-20H2. The van der Waals surface area contributed by atoms with Crippen molar-refractivity contribution in [3.63, 3.8) is 0 Å². The van der Waals surface area contributed by atoms with Crippen LogP contribution in [0.1, 0.15) is 25.7 Å². The first-order chi connectivity index (χ1) is 13.3. The van der Waals surface area contributed by atoms with Crippen LogP contribution in [0.4, 0.5) is 0 Å². The van der Waals surface area contributed by atoms with Gasteiger partial charge in [-0.1, -0.05) is 0 Å². The molecule has 0 aliphatic heterocycles. The maximum absolute atomic E-state index is 13.9. The molecule has 3 heteroatoms. The van der Waals surface area contributed by atoms with Crippen molar-refractivity contribution in [3.8, 4) is 0 Å². The number of hydrogen-bond acceptors (Lipinski definition) is 1. The number of carbonyl (C=O) groups excluding carboxylic acids is 1. The predicted molar refractivity (Wildman–Crippen MR) is 121 cm³/mol. The zero-order valence-electron chi connectivity index (χ0n) is 15.5. The van der Waals surface area contributed by atoms with E-state index in [2.05, 4.69) is 88.7 Å². The fourth-order valence-corrected chi connectivity index (χ4v) is 13.8. The third kappa shape index (κ3) is 4.44. The van der Waals surface area contributed by atoms with Gasteiger partial charge in [-0.3, -0.25) is 0 Å². The average molecular weight is 482 g/mol. The van der Waals surface area contributed by atoms with Crippen molar-refractivity contribution in [3.05, 3.63) is 91.0 Å². The summed E-state index contributed by atoms with van der Waals surface area (Å²) < 4.78 is 4.12. The molecule has 0 bridgehead atoms. The summed E-state index contributed by atoms with van der Waals surface area (Å²) in [6.07, 6.45) is 3.83. The summed E-state index contributed by atoms with van der Waals surface area (Å²) >= 11 is 0.0647. The van der Waals surface area contributed by atoms with E-state index in [-0.39, 0.29) is 0 Å². The molecule has 0 N–H and O–H groups in total. The zero-order valence-corrected chi connectivity index (χ0v) is 19.2. The van der Waals surface area contributed by atoms with Gasteiger partial charge in [-0.15, -0.1) is 0 Å². The van der Waals surface area contributed by atoms with E-state index in [0.29, 0.717) is 11.0 Å². The van der Waals surface area contributed by atoms with Crippen LogP contribution in [0.2, 0.25) is 0 Å². The number of hydrogen-bond donors (Lipinski definition) is 0. The van der Waals surface area contributed by atoms with E-state index >= 15 is 0 Å². The normalized spacial score (nSPS) is 11.3. The monoisotopic (exact) mass is 482 g/mol. The Labute approximate surface area is 173 Å². The first-order valence-corrected chi connectivity index (χ1v) is 14.9. The summed E-state index contributed by atoms with van der Waals surface area (Å²) in [5, 5.41) is 1.00. The summed E-state index contributed by atoms with van der Waals surface area (Å²) in [5.74, 6) is 0. The van der Waals surface area contributed by atoms with Gasteiger partial charge in [-0.25, -0.2) is 0 Å². The van der Waals surface area contributed by atoms with E-state index in [9.17, 15) is 4.79 Å². The van der Waals surface area contributed by atoms with Crippen LogP contribution in [-0.2, 0) is 4.79 Å². The van der Waals surface area contributed by atoms with Crippen molar-refractivity contribution < 1.29 is 4.79 Å². The van der Waals surface area contributed by atoms with Crippen molar-refractivity contribution in [1.82, 2.24) is 0 Å². The first-order valence-electron chi connectivity index (χ1n) is 9.56. The average Bonchev–Trinajstić information content (AvgIpc) is 2.74. The van der Waals surface area contributed by atoms with E-state index in [0.717, 1.165) is 24.6 Å². The third-order valence-corrected chi connectivity index (χ3v) is 15.5. The Bertz CT molecular complexity index is 737. The zero-order chi connectivity index (χ0) is 19.0. The van der Waals surface area contributed by atoms with Gasteiger partial charge in [0.1, 0.15) is 0 Å². The Kier molecular flexibility index (Phi) is 7.48.